The minimum absolute atomic E-state index is 0.0731. The van der Waals surface area contributed by atoms with Crippen molar-refractivity contribution < 1.29 is 30.0 Å². The number of benzene rings is 3. The average Bonchev–Trinajstić information content (AvgIpc) is 3.65. The molecule has 0 aliphatic heterocycles. The molecule has 2 aromatic heterocycles. The van der Waals surface area contributed by atoms with Crippen molar-refractivity contribution in [1.82, 2.24) is 20.4 Å². The third kappa shape index (κ3) is 6.51. The molecule has 3 aromatic carbocycles. The Morgan fingerprint density at radius 3 is 1.74 bits per heavy atom. The Bertz CT molecular complexity index is 1460. The van der Waals surface area contributed by atoms with Crippen LogP contribution in [0.1, 0.15) is 49.0 Å². The Kier molecular flexibility index (Phi) is 9.21. The number of aromatic nitrogens is 4. The Morgan fingerprint density at radius 2 is 1.21 bits per heavy atom. The SMILES string of the molecule is CCCC[I-]c1ccc(-c2nnc(-c3cccc(-c4nnc(-c5ccc(C(I)CCC)cc5)o4)c3)o2)cc1. The maximum absolute atomic E-state index is 6.03. The molecule has 0 radical (unpaired) electrons. The molecule has 5 rings (SSSR count). The van der Waals surface area contributed by atoms with Gasteiger partial charge in [-0.05, 0) is 24.1 Å². The Labute approximate surface area is 247 Å². The molecule has 0 aliphatic carbocycles. The van der Waals surface area contributed by atoms with Crippen LogP contribution in [0, 0.1) is 3.57 Å². The van der Waals surface area contributed by atoms with Crippen molar-refractivity contribution in [2.45, 2.75) is 43.5 Å². The fourth-order valence-corrected chi connectivity index (χ4v) is 7.62. The van der Waals surface area contributed by atoms with E-state index in [9.17, 15) is 0 Å². The van der Waals surface area contributed by atoms with E-state index in [4.69, 9.17) is 8.83 Å². The van der Waals surface area contributed by atoms with Gasteiger partial charge in [0.2, 0.25) is 5.89 Å². The molecule has 196 valence electrons. The second-order valence-corrected chi connectivity index (χ2v) is 13.6. The number of hydrogen-bond acceptors (Lipinski definition) is 6. The minimum atomic E-state index is 0.0731. The van der Waals surface area contributed by atoms with E-state index in [1.807, 2.05) is 36.4 Å². The van der Waals surface area contributed by atoms with E-state index < -0.39 is 0 Å². The van der Waals surface area contributed by atoms with Gasteiger partial charge in [-0.25, -0.2) is 0 Å². The van der Waals surface area contributed by atoms with Crippen molar-refractivity contribution >= 4 is 22.6 Å². The summed E-state index contributed by atoms with van der Waals surface area (Å²) in [4.78, 5) is 0. The fourth-order valence-electron chi connectivity index (χ4n) is 3.94. The van der Waals surface area contributed by atoms with E-state index in [0.717, 1.165) is 28.7 Å². The monoisotopic (exact) mass is 731 g/mol. The molecule has 0 spiro atoms. The molecule has 8 heteroatoms. The van der Waals surface area contributed by atoms with E-state index in [0.29, 0.717) is 27.5 Å². The number of hydrogen-bond donors (Lipinski definition) is 0. The van der Waals surface area contributed by atoms with E-state index in [2.05, 4.69) is 93.2 Å². The molecule has 0 N–H and O–H groups in total. The summed E-state index contributed by atoms with van der Waals surface area (Å²) in [6, 6.07) is 24.6. The van der Waals surface area contributed by atoms with E-state index in [1.165, 1.54) is 32.8 Å². The summed E-state index contributed by atoms with van der Waals surface area (Å²) in [6.45, 7) is 4.45. The van der Waals surface area contributed by atoms with Gasteiger partial charge in [0.05, 0.1) is 0 Å². The third-order valence-electron chi connectivity index (χ3n) is 6.10. The number of halogens is 2. The van der Waals surface area contributed by atoms with Crippen molar-refractivity contribution in [2.75, 3.05) is 4.43 Å². The molecule has 1 atom stereocenters. The standard InChI is InChI=1S/C30H29I2N4O2/c1-3-5-18-32-25-16-14-22(15-17-25)28-34-36-30(38-28)24-9-6-8-23(19-24)29-35-33-27(37-29)21-12-10-20(11-13-21)26(31)7-4-2/h6,8-17,19,26H,3-5,7,18H2,1-2H3/q-1. The van der Waals surface area contributed by atoms with Gasteiger partial charge in [-0.15, -0.1) is 5.10 Å². The van der Waals surface area contributed by atoms with Crippen molar-refractivity contribution in [3.05, 3.63) is 81.9 Å². The van der Waals surface area contributed by atoms with Crippen LogP contribution >= 0.6 is 22.6 Å². The summed E-state index contributed by atoms with van der Waals surface area (Å²) in [7, 11) is 0. The Morgan fingerprint density at radius 1 is 0.684 bits per heavy atom. The molecule has 6 nitrogen and oxygen atoms in total. The average molecular weight is 731 g/mol. The van der Waals surface area contributed by atoms with Crippen LogP contribution in [-0.4, -0.2) is 24.8 Å². The summed E-state index contributed by atoms with van der Waals surface area (Å²) in [5.41, 5.74) is 4.75. The molecule has 0 bridgehead atoms. The second kappa shape index (κ2) is 13.0. The summed E-state index contributed by atoms with van der Waals surface area (Å²) in [5, 5.41) is 17.1. The van der Waals surface area contributed by atoms with Crippen LogP contribution in [0.2, 0.25) is 0 Å². The first-order chi connectivity index (χ1) is 18.6. The molecule has 0 amide bonds. The Hall–Kier alpha value is -2.60. The van der Waals surface area contributed by atoms with Crippen LogP contribution < -0.4 is 21.2 Å². The predicted octanol–water partition coefficient (Wildman–Crippen LogP) is 5.46. The topological polar surface area (TPSA) is 77.8 Å². The van der Waals surface area contributed by atoms with Crippen molar-refractivity contribution in [3.63, 3.8) is 0 Å². The van der Waals surface area contributed by atoms with E-state index in [1.54, 1.807) is 0 Å². The van der Waals surface area contributed by atoms with Gasteiger partial charge in [0.15, 0.2) is 0 Å². The van der Waals surface area contributed by atoms with Crippen LogP contribution in [0.15, 0.2) is 81.6 Å². The van der Waals surface area contributed by atoms with Gasteiger partial charge in [-0.1, -0.05) is 48.1 Å². The first-order valence-corrected chi connectivity index (χ1v) is 16.7. The zero-order valence-corrected chi connectivity index (χ0v) is 25.7. The van der Waals surface area contributed by atoms with Crippen LogP contribution in [0.25, 0.3) is 45.8 Å². The number of unbranched alkanes of at least 4 members (excludes halogenated alkanes) is 1. The molecule has 0 saturated heterocycles. The molecule has 0 saturated carbocycles. The van der Waals surface area contributed by atoms with Gasteiger partial charge in [0, 0.05) is 9.49 Å². The van der Waals surface area contributed by atoms with Gasteiger partial charge in [-0.3, -0.25) is 0 Å². The zero-order chi connectivity index (χ0) is 26.3. The molecule has 2 heterocycles. The van der Waals surface area contributed by atoms with Gasteiger partial charge in [0.1, 0.15) is 0 Å². The number of rotatable bonds is 11. The number of nitrogens with zero attached hydrogens (tertiary/aromatic N) is 4. The third-order valence-corrected chi connectivity index (χ3v) is 10.3. The zero-order valence-electron chi connectivity index (χ0n) is 21.4. The quantitative estimate of drug-likeness (QED) is 0.102. The van der Waals surface area contributed by atoms with Gasteiger partial charge < -0.3 is 0 Å². The molecular formula is C30H29I2N4O2-. The first-order valence-electron chi connectivity index (χ1n) is 12.9. The summed E-state index contributed by atoms with van der Waals surface area (Å²) in [6.07, 6.45) is 4.88. The molecule has 5 aromatic rings. The van der Waals surface area contributed by atoms with Crippen molar-refractivity contribution in [2.24, 2.45) is 0 Å². The second-order valence-electron chi connectivity index (χ2n) is 8.97. The van der Waals surface area contributed by atoms with Crippen LogP contribution in [-0.2, 0) is 0 Å². The predicted molar refractivity (Wildman–Crippen MR) is 154 cm³/mol. The normalized spacial score (nSPS) is 12.2. The summed E-state index contributed by atoms with van der Waals surface area (Å²) >= 11 is 2.57. The number of alkyl halides is 2. The Balaban J connectivity index is 1.30. The van der Waals surface area contributed by atoms with Crippen LogP contribution in [0.5, 0.6) is 0 Å². The van der Waals surface area contributed by atoms with E-state index >= 15 is 0 Å². The van der Waals surface area contributed by atoms with Gasteiger partial charge in [-0.2, -0.15) is 0 Å². The molecule has 1 unspecified atom stereocenters. The molecule has 0 aliphatic rings. The summed E-state index contributed by atoms with van der Waals surface area (Å²) in [5.74, 6) is 1.92. The fraction of sp³-hybridized carbons (Fsp3) is 0.267. The van der Waals surface area contributed by atoms with Crippen LogP contribution in [0.3, 0.4) is 0 Å². The summed E-state index contributed by atoms with van der Waals surface area (Å²) < 4.78 is 15.3. The van der Waals surface area contributed by atoms with Gasteiger partial charge >= 0.3 is 156 Å². The van der Waals surface area contributed by atoms with Crippen molar-refractivity contribution in [1.29, 1.82) is 0 Å². The first kappa shape index (κ1) is 27.0. The maximum atomic E-state index is 6.03. The molecule has 38 heavy (non-hydrogen) atoms. The van der Waals surface area contributed by atoms with Crippen LogP contribution in [0.4, 0.5) is 0 Å². The van der Waals surface area contributed by atoms with Gasteiger partial charge in [0.25, 0.3) is 0 Å². The molecule has 0 fully saturated rings. The van der Waals surface area contributed by atoms with Crippen molar-refractivity contribution in [3.8, 4) is 45.8 Å². The molecular weight excluding hydrogens is 702 g/mol. The van der Waals surface area contributed by atoms with E-state index in [-0.39, 0.29) is 21.2 Å².